The van der Waals surface area contributed by atoms with Crippen LogP contribution < -0.4 is 5.32 Å². The van der Waals surface area contributed by atoms with E-state index in [4.69, 9.17) is 4.74 Å². The number of nitrogens with one attached hydrogen (secondary N) is 2. The molecule has 0 aliphatic carbocycles. The molecular formula is C17H29N3O3. The lowest BCUT2D eigenvalue weighted by Crippen LogP contribution is -2.60. The Balaban J connectivity index is 2.26. The molecule has 0 bridgehead atoms. The first-order chi connectivity index (χ1) is 10.6. The predicted molar refractivity (Wildman–Crippen MR) is 88.3 cm³/mol. The number of fused-ring (bicyclic) bond motifs is 1. The van der Waals surface area contributed by atoms with E-state index >= 15 is 0 Å². The van der Waals surface area contributed by atoms with E-state index in [9.17, 15) is 9.90 Å². The SMILES string of the molecule is CCC(O)(CC)C(C)(C)NC(=O)c1n[nH]c2c1C[C@H](C)O[C@@H]2C. The van der Waals surface area contributed by atoms with Crippen LogP contribution in [0.4, 0.5) is 0 Å². The molecule has 0 unspecified atom stereocenters. The van der Waals surface area contributed by atoms with Crippen LogP contribution in [0.2, 0.25) is 0 Å². The molecule has 130 valence electrons. The first kappa shape index (κ1) is 17.9. The lowest BCUT2D eigenvalue weighted by Gasteiger charge is -2.42. The van der Waals surface area contributed by atoms with Gasteiger partial charge in [0.05, 0.1) is 29.0 Å². The molecule has 1 amide bonds. The van der Waals surface area contributed by atoms with Crippen LogP contribution in [0.1, 0.15) is 82.2 Å². The van der Waals surface area contributed by atoms with Gasteiger partial charge in [-0.05, 0) is 40.5 Å². The minimum atomic E-state index is -0.956. The van der Waals surface area contributed by atoms with Gasteiger partial charge in [-0.1, -0.05) is 13.8 Å². The largest absolute Gasteiger partial charge is 0.387 e. The molecule has 2 heterocycles. The third-order valence-corrected chi connectivity index (χ3v) is 5.21. The smallest absolute Gasteiger partial charge is 0.272 e. The van der Waals surface area contributed by atoms with E-state index < -0.39 is 11.1 Å². The fourth-order valence-corrected chi connectivity index (χ4v) is 3.45. The number of hydrogen-bond donors (Lipinski definition) is 3. The Morgan fingerprint density at radius 3 is 2.57 bits per heavy atom. The standard InChI is InChI=1S/C17H29N3O3/c1-7-17(22,8-2)16(5,6)18-15(21)14-12-9-10(3)23-11(4)13(12)19-20-14/h10-11,22H,7-9H2,1-6H3,(H,18,21)(H,19,20)/t10-,11+/m0/s1. The number of nitrogens with zero attached hydrogens (tertiary/aromatic N) is 1. The highest BCUT2D eigenvalue weighted by Crippen LogP contribution is 2.32. The zero-order valence-electron chi connectivity index (χ0n) is 15.0. The van der Waals surface area contributed by atoms with Gasteiger partial charge < -0.3 is 15.2 Å². The number of ether oxygens (including phenoxy) is 1. The third kappa shape index (κ3) is 3.15. The molecule has 2 rings (SSSR count). The van der Waals surface area contributed by atoms with E-state index in [-0.39, 0.29) is 18.1 Å². The van der Waals surface area contributed by atoms with Gasteiger partial charge in [0.25, 0.3) is 5.91 Å². The van der Waals surface area contributed by atoms with Crippen LogP contribution in [0.25, 0.3) is 0 Å². The zero-order chi connectivity index (χ0) is 17.4. The molecule has 1 aliphatic rings. The van der Waals surface area contributed by atoms with E-state index in [1.54, 1.807) is 0 Å². The summed E-state index contributed by atoms with van der Waals surface area (Å²) in [5, 5.41) is 20.9. The number of aliphatic hydroxyl groups is 1. The average Bonchev–Trinajstić information content (AvgIpc) is 2.89. The van der Waals surface area contributed by atoms with Crippen LogP contribution in [-0.2, 0) is 11.2 Å². The quantitative estimate of drug-likeness (QED) is 0.777. The van der Waals surface area contributed by atoms with Crippen molar-refractivity contribution >= 4 is 5.91 Å². The second-order valence-corrected chi connectivity index (χ2v) is 7.08. The minimum Gasteiger partial charge on any atom is -0.387 e. The maximum atomic E-state index is 12.7. The highest BCUT2D eigenvalue weighted by molar-refractivity contribution is 5.94. The van der Waals surface area contributed by atoms with E-state index in [2.05, 4.69) is 15.5 Å². The maximum Gasteiger partial charge on any atom is 0.272 e. The molecule has 3 N–H and O–H groups in total. The molecule has 0 saturated carbocycles. The Morgan fingerprint density at radius 2 is 2.00 bits per heavy atom. The topological polar surface area (TPSA) is 87.2 Å². The van der Waals surface area contributed by atoms with Crippen molar-refractivity contribution in [1.29, 1.82) is 0 Å². The molecule has 0 saturated heterocycles. The Labute approximate surface area is 138 Å². The normalized spacial score (nSPS) is 21.9. The fraction of sp³-hybridized carbons (Fsp3) is 0.765. The molecule has 23 heavy (non-hydrogen) atoms. The Kier molecular flexibility index (Phi) is 4.87. The number of aromatic nitrogens is 2. The van der Waals surface area contributed by atoms with Crippen LogP contribution in [0.3, 0.4) is 0 Å². The summed E-state index contributed by atoms with van der Waals surface area (Å²) in [5.74, 6) is -0.255. The maximum absolute atomic E-state index is 12.7. The third-order valence-electron chi connectivity index (χ3n) is 5.21. The number of carbonyl (C=O) groups is 1. The molecule has 1 aromatic heterocycles. The van der Waals surface area contributed by atoms with E-state index in [0.717, 1.165) is 11.3 Å². The van der Waals surface area contributed by atoms with Gasteiger partial charge in [-0.25, -0.2) is 0 Å². The van der Waals surface area contributed by atoms with E-state index in [0.29, 0.717) is 25.0 Å². The molecule has 0 radical (unpaired) electrons. The number of hydrogen-bond acceptors (Lipinski definition) is 4. The van der Waals surface area contributed by atoms with Crippen LogP contribution in [-0.4, -0.2) is 38.5 Å². The first-order valence-electron chi connectivity index (χ1n) is 8.42. The number of carbonyl (C=O) groups excluding carboxylic acids is 1. The van der Waals surface area contributed by atoms with E-state index in [1.807, 2.05) is 41.5 Å². The van der Waals surface area contributed by atoms with Gasteiger partial charge in [-0.15, -0.1) is 0 Å². The molecule has 0 fully saturated rings. The monoisotopic (exact) mass is 323 g/mol. The zero-order valence-corrected chi connectivity index (χ0v) is 15.0. The second-order valence-electron chi connectivity index (χ2n) is 7.08. The number of rotatable bonds is 5. The van der Waals surface area contributed by atoms with Crippen LogP contribution >= 0.6 is 0 Å². The van der Waals surface area contributed by atoms with Crippen molar-refractivity contribution in [2.75, 3.05) is 0 Å². The van der Waals surface area contributed by atoms with Crippen molar-refractivity contribution in [2.45, 2.75) is 84.2 Å². The van der Waals surface area contributed by atoms with Crippen LogP contribution in [0.15, 0.2) is 0 Å². The van der Waals surface area contributed by atoms with Crippen molar-refractivity contribution in [1.82, 2.24) is 15.5 Å². The molecule has 2 atom stereocenters. The van der Waals surface area contributed by atoms with Gasteiger partial charge >= 0.3 is 0 Å². The first-order valence-corrected chi connectivity index (χ1v) is 8.42. The molecule has 6 heteroatoms. The van der Waals surface area contributed by atoms with Gasteiger partial charge in [-0.3, -0.25) is 9.89 Å². The molecule has 1 aliphatic heterocycles. The molecule has 0 spiro atoms. The molecule has 0 aromatic carbocycles. The lowest BCUT2D eigenvalue weighted by molar-refractivity contribution is -0.0414. The van der Waals surface area contributed by atoms with Gasteiger partial charge in [0.2, 0.25) is 0 Å². The van der Waals surface area contributed by atoms with Gasteiger partial charge in [0.15, 0.2) is 5.69 Å². The fourth-order valence-electron chi connectivity index (χ4n) is 3.45. The van der Waals surface area contributed by atoms with Crippen molar-refractivity contribution in [3.05, 3.63) is 17.0 Å². The highest BCUT2D eigenvalue weighted by Gasteiger charge is 2.42. The Bertz CT molecular complexity index is 576. The van der Waals surface area contributed by atoms with Crippen molar-refractivity contribution in [3.63, 3.8) is 0 Å². The highest BCUT2D eigenvalue weighted by atomic mass is 16.5. The van der Waals surface area contributed by atoms with Gasteiger partial charge in [0.1, 0.15) is 0 Å². The van der Waals surface area contributed by atoms with E-state index in [1.165, 1.54) is 0 Å². The van der Waals surface area contributed by atoms with Crippen molar-refractivity contribution in [3.8, 4) is 0 Å². The molecule has 1 aromatic rings. The number of amides is 1. The van der Waals surface area contributed by atoms with Crippen LogP contribution in [0, 0.1) is 0 Å². The van der Waals surface area contributed by atoms with Crippen LogP contribution in [0.5, 0.6) is 0 Å². The summed E-state index contributed by atoms with van der Waals surface area (Å²) in [7, 11) is 0. The minimum absolute atomic E-state index is 0.0536. The summed E-state index contributed by atoms with van der Waals surface area (Å²) in [4.78, 5) is 12.7. The second kappa shape index (κ2) is 6.24. The van der Waals surface area contributed by atoms with Gasteiger partial charge in [0, 0.05) is 12.0 Å². The Morgan fingerprint density at radius 1 is 1.39 bits per heavy atom. The summed E-state index contributed by atoms with van der Waals surface area (Å²) in [6.45, 7) is 11.5. The summed E-state index contributed by atoms with van der Waals surface area (Å²) in [5.41, 5.74) is 0.489. The predicted octanol–water partition coefficient (Wildman–Crippen LogP) is 2.49. The Hall–Kier alpha value is -1.40. The summed E-state index contributed by atoms with van der Waals surface area (Å²) < 4.78 is 5.75. The summed E-state index contributed by atoms with van der Waals surface area (Å²) >= 11 is 0. The van der Waals surface area contributed by atoms with Gasteiger partial charge in [-0.2, -0.15) is 5.10 Å². The van der Waals surface area contributed by atoms with Crippen molar-refractivity contribution < 1.29 is 14.6 Å². The van der Waals surface area contributed by atoms with Crippen molar-refractivity contribution in [2.24, 2.45) is 0 Å². The lowest BCUT2D eigenvalue weighted by atomic mass is 9.78. The number of aromatic amines is 1. The average molecular weight is 323 g/mol. The molecule has 6 nitrogen and oxygen atoms in total. The summed E-state index contributed by atoms with van der Waals surface area (Å²) in [6.07, 6.45) is 1.75. The summed E-state index contributed by atoms with van der Waals surface area (Å²) in [6, 6.07) is 0. The molecular weight excluding hydrogens is 294 g/mol. The number of H-pyrrole nitrogens is 1.